The SMILES string of the molecule is CN1CC2(CC3CCC(C2)N3C[C@H]2CN(C(=O)CC(C)(C)C)C[C@@H]2c2ccccc2)N(CC2CC2)C1=O. The van der Waals surface area contributed by atoms with Gasteiger partial charge < -0.3 is 14.7 Å². The van der Waals surface area contributed by atoms with Crippen LogP contribution in [0.4, 0.5) is 4.79 Å². The fourth-order valence-corrected chi connectivity index (χ4v) is 8.07. The van der Waals surface area contributed by atoms with Gasteiger partial charge in [0.05, 0.1) is 5.54 Å². The predicted molar refractivity (Wildman–Crippen MR) is 146 cm³/mol. The average molecular weight is 507 g/mol. The van der Waals surface area contributed by atoms with Gasteiger partial charge >= 0.3 is 6.03 Å². The van der Waals surface area contributed by atoms with Crippen LogP contribution >= 0.6 is 0 Å². The van der Waals surface area contributed by atoms with Crippen molar-refractivity contribution in [2.24, 2.45) is 17.3 Å². The van der Waals surface area contributed by atoms with Crippen molar-refractivity contribution in [1.82, 2.24) is 19.6 Å². The van der Waals surface area contributed by atoms with Gasteiger partial charge in [-0.1, -0.05) is 51.1 Å². The van der Waals surface area contributed by atoms with E-state index in [1.165, 1.54) is 31.2 Å². The van der Waals surface area contributed by atoms with Crippen LogP contribution in [0.25, 0.3) is 0 Å². The highest BCUT2D eigenvalue weighted by Crippen LogP contribution is 2.49. The molecule has 4 heterocycles. The Labute approximate surface area is 223 Å². The third-order valence-electron chi connectivity index (χ3n) is 9.95. The number of fused-ring (bicyclic) bond motifs is 2. The Kier molecular flexibility index (Phi) is 6.33. The van der Waals surface area contributed by atoms with E-state index < -0.39 is 0 Å². The van der Waals surface area contributed by atoms with Gasteiger partial charge in [0.2, 0.25) is 5.91 Å². The Morgan fingerprint density at radius 3 is 2.27 bits per heavy atom. The molecule has 1 saturated carbocycles. The standard InChI is InChI=1S/C31H46N4O2/c1-30(2,3)16-28(36)33-18-24(27(20-33)23-8-6-5-7-9-23)19-34-25-12-13-26(34)15-31(14-25)21-32(4)29(37)35(31)17-22-10-11-22/h5-9,22,24-27H,10-21H2,1-4H3/t24-,25?,26?,27-,31?/m1/s1. The lowest BCUT2D eigenvalue weighted by Crippen LogP contribution is -2.59. The summed E-state index contributed by atoms with van der Waals surface area (Å²) < 4.78 is 0. The summed E-state index contributed by atoms with van der Waals surface area (Å²) in [6.07, 6.45) is 7.90. The summed E-state index contributed by atoms with van der Waals surface area (Å²) in [5.41, 5.74) is 1.41. The van der Waals surface area contributed by atoms with Gasteiger partial charge in [-0.15, -0.1) is 0 Å². The van der Waals surface area contributed by atoms with Crippen LogP contribution in [0.15, 0.2) is 30.3 Å². The number of hydrogen-bond acceptors (Lipinski definition) is 3. The van der Waals surface area contributed by atoms with Crippen molar-refractivity contribution < 1.29 is 9.59 Å². The average Bonchev–Trinajstić information content (AvgIpc) is 3.46. The minimum absolute atomic E-state index is 0.00985. The van der Waals surface area contributed by atoms with Crippen molar-refractivity contribution in [2.45, 2.75) is 89.3 Å². The first kappa shape index (κ1) is 25.2. The molecule has 2 bridgehead atoms. The van der Waals surface area contributed by atoms with Crippen LogP contribution in [0.3, 0.4) is 0 Å². The molecule has 5 fully saturated rings. The number of nitrogens with zero attached hydrogens (tertiary/aromatic N) is 4. The zero-order valence-corrected chi connectivity index (χ0v) is 23.4. The molecular weight excluding hydrogens is 460 g/mol. The largest absolute Gasteiger partial charge is 0.342 e. The number of rotatable bonds is 6. The summed E-state index contributed by atoms with van der Waals surface area (Å²) in [7, 11) is 2.00. The molecule has 0 N–H and O–H groups in total. The maximum absolute atomic E-state index is 13.2. The third-order valence-corrected chi connectivity index (χ3v) is 9.95. The Balaban J connectivity index is 1.19. The number of piperidine rings is 1. The summed E-state index contributed by atoms with van der Waals surface area (Å²) in [5, 5.41) is 0. The molecule has 2 unspecified atom stereocenters. The molecule has 202 valence electrons. The fourth-order valence-electron chi connectivity index (χ4n) is 8.07. The smallest absolute Gasteiger partial charge is 0.320 e. The van der Waals surface area contributed by atoms with Crippen molar-refractivity contribution >= 4 is 11.9 Å². The summed E-state index contributed by atoms with van der Waals surface area (Å²) in [4.78, 5) is 35.6. The van der Waals surface area contributed by atoms with Gasteiger partial charge in [0, 0.05) is 64.2 Å². The Hall–Kier alpha value is -2.08. The van der Waals surface area contributed by atoms with E-state index in [1.807, 2.05) is 11.9 Å². The van der Waals surface area contributed by atoms with Gasteiger partial charge in [-0.05, 0) is 61.3 Å². The minimum atomic E-state index is 0.00985. The van der Waals surface area contributed by atoms with E-state index in [2.05, 4.69) is 65.8 Å². The molecule has 6 rings (SSSR count). The molecule has 4 saturated heterocycles. The molecule has 5 aliphatic rings. The van der Waals surface area contributed by atoms with Crippen LogP contribution in [-0.4, -0.2) is 88.9 Å². The Morgan fingerprint density at radius 1 is 0.973 bits per heavy atom. The van der Waals surface area contributed by atoms with Crippen LogP contribution in [0.1, 0.15) is 77.2 Å². The topological polar surface area (TPSA) is 47.1 Å². The highest BCUT2D eigenvalue weighted by Gasteiger charge is 2.57. The molecule has 0 radical (unpaired) electrons. The molecule has 0 aromatic heterocycles. The molecular formula is C31H46N4O2. The van der Waals surface area contributed by atoms with Gasteiger partial charge in [0.25, 0.3) is 0 Å². The first-order chi connectivity index (χ1) is 17.6. The summed E-state index contributed by atoms with van der Waals surface area (Å²) >= 11 is 0. The minimum Gasteiger partial charge on any atom is -0.342 e. The van der Waals surface area contributed by atoms with E-state index in [0.717, 1.165) is 51.5 Å². The first-order valence-electron chi connectivity index (χ1n) is 14.7. The van der Waals surface area contributed by atoms with Gasteiger partial charge in [-0.2, -0.15) is 0 Å². The lowest BCUT2D eigenvalue weighted by Gasteiger charge is -2.49. The highest BCUT2D eigenvalue weighted by molar-refractivity contribution is 5.78. The number of urea groups is 1. The van der Waals surface area contributed by atoms with Gasteiger partial charge in [-0.25, -0.2) is 4.79 Å². The zero-order chi connectivity index (χ0) is 25.9. The van der Waals surface area contributed by atoms with E-state index in [9.17, 15) is 9.59 Å². The van der Waals surface area contributed by atoms with Crippen LogP contribution in [0, 0.1) is 17.3 Å². The van der Waals surface area contributed by atoms with E-state index in [-0.39, 0.29) is 17.0 Å². The summed E-state index contributed by atoms with van der Waals surface area (Å²) in [5.74, 6) is 1.88. The van der Waals surface area contributed by atoms with Crippen LogP contribution in [-0.2, 0) is 4.79 Å². The van der Waals surface area contributed by atoms with Crippen LogP contribution in [0.2, 0.25) is 0 Å². The highest BCUT2D eigenvalue weighted by atomic mass is 16.2. The van der Waals surface area contributed by atoms with Crippen molar-refractivity contribution in [3.8, 4) is 0 Å². The number of carbonyl (C=O) groups is 2. The second kappa shape index (κ2) is 9.29. The van der Waals surface area contributed by atoms with Crippen molar-refractivity contribution in [3.63, 3.8) is 0 Å². The number of benzene rings is 1. The Morgan fingerprint density at radius 2 is 1.65 bits per heavy atom. The van der Waals surface area contributed by atoms with E-state index in [1.54, 1.807) is 0 Å². The summed E-state index contributed by atoms with van der Waals surface area (Å²) in [6.45, 7) is 11.1. The molecule has 1 aromatic rings. The fraction of sp³-hybridized carbons (Fsp3) is 0.742. The maximum atomic E-state index is 13.2. The lowest BCUT2D eigenvalue weighted by molar-refractivity contribution is -0.132. The number of carbonyl (C=O) groups excluding carboxylic acids is 2. The molecule has 1 aliphatic carbocycles. The number of amides is 3. The monoisotopic (exact) mass is 506 g/mol. The molecule has 1 aromatic carbocycles. The zero-order valence-electron chi connectivity index (χ0n) is 23.4. The van der Waals surface area contributed by atoms with Gasteiger partial charge in [-0.3, -0.25) is 9.69 Å². The molecule has 37 heavy (non-hydrogen) atoms. The van der Waals surface area contributed by atoms with Crippen molar-refractivity contribution in [3.05, 3.63) is 35.9 Å². The predicted octanol–water partition coefficient (Wildman–Crippen LogP) is 4.81. The lowest BCUT2D eigenvalue weighted by atomic mass is 9.80. The number of likely N-dealkylation sites (N-methyl/N-ethyl adjacent to an activating group) is 1. The number of hydrogen-bond donors (Lipinski definition) is 0. The van der Waals surface area contributed by atoms with E-state index >= 15 is 0 Å². The maximum Gasteiger partial charge on any atom is 0.320 e. The molecule has 1 spiro atoms. The van der Waals surface area contributed by atoms with E-state index in [0.29, 0.717) is 36.2 Å². The molecule has 4 aliphatic heterocycles. The van der Waals surface area contributed by atoms with Crippen LogP contribution in [0.5, 0.6) is 0 Å². The summed E-state index contributed by atoms with van der Waals surface area (Å²) in [6, 6.07) is 12.2. The number of likely N-dealkylation sites (tertiary alicyclic amines) is 1. The third kappa shape index (κ3) is 4.91. The Bertz CT molecular complexity index is 1000. The quantitative estimate of drug-likeness (QED) is 0.556. The van der Waals surface area contributed by atoms with Crippen molar-refractivity contribution in [1.29, 1.82) is 0 Å². The molecule has 6 nitrogen and oxygen atoms in total. The second-order valence-electron chi connectivity index (χ2n) is 14.2. The molecule has 6 heteroatoms. The molecule has 3 amide bonds. The molecule has 4 atom stereocenters. The van der Waals surface area contributed by atoms with E-state index in [4.69, 9.17) is 0 Å². The first-order valence-corrected chi connectivity index (χ1v) is 14.7. The van der Waals surface area contributed by atoms with Crippen molar-refractivity contribution in [2.75, 3.05) is 39.8 Å². The van der Waals surface area contributed by atoms with Gasteiger partial charge in [0.1, 0.15) is 0 Å². The van der Waals surface area contributed by atoms with Gasteiger partial charge in [0.15, 0.2) is 0 Å². The normalized spacial score (nSPS) is 34.3. The second-order valence-corrected chi connectivity index (χ2v) is 14.2. The van der Waals surface area contributed by atoms with Crippen LogP contribution < -0.4 is 0 Å².